The fourth-order valence-corrected chi connectivity index (χ4v) is 8.12. The van der Waals surface area contributed by atoms with E-state index < -0.39 is 0 Å². The first-order chi connectivity index (χ1) is 23.6. The van der Waals surface area contributed by atoms with Crippen LogP contribution in [0.1, 0.15) is 104 Å². The van der Waals surface area contributed by atoms with Crippen LogP contribution in [0.15, 0.2) is 122 Å². The second-order valence-electron chi connectivity index (χ2n) is 14.2. The van der Waals surface area contributed by atoms with E-state index in [-0.39, 0.29) is 16.7 Å². The highest BCUT2D eigenvalue weighted by molar-refractivity contribution is 5.93. The van der Waals surface area contributed by atoms with Crippen LogP contribution in [-0.4, -0.2) is 0 Å². The van der Waals surface area contributed by atoms with Crippen LogP contribution in [0.5, 0.6) is 0 Å². The second kappa shape index (κ2) is 13.3. The first-order valence-electron chi connectivity index (χ1n) is 17.3. The van der Waals surface area contributed by atoms with Crippen molar-refractivity contribution in [3.8, 4) is 34.8 Å². The van der Waals surface area contributed by atoms with Gasteiger partial charge in [0.25, 0.3) is 0 Å². The molecule has 6 rings (SSSR count). The van der Waals surface area contributed by atoms with Gasteiger partial charge in [0, 0.05) is 34.5 Å². The summed E-state index contributed by atoms with van der Waals surface area (Å²) in [5.41, 5.74) is 15.4. The summed E-state index contributed by atoms with van der Waals surface area (Å²) in [4.78, 5) is 0. The lowest BCUT2D eigenvalue weighted by atomic mass is 9.69. The molecule has 0 amide bonds. The molecule has 0 saturated heterocycles. The van der Waals surface area contributed by atoms with E-state index in [9.17, 15) is 0 Å². The van der Waals surface area contributed by atoms with E-state index in [1.54, 1.807) is 0 Å². The molecular weight excluding hydrogens is 589 g/mol. The molecule has 0 saturated carbocycles. The Labute approximate surface area is 294 Å². The van der Waals surface area contributed by atoms with Gasteiger partial charge in [-0.15, -0.1) is 0 Å². The minimum atomic E-state index is -0.222. The predicted octanol–water partition coefficient (Wildman–Crippen LogP) is 12.3. The van der Waals surface area contributed by atoms with Gasteiger partial charge in [-0.2, -0.15) is 0 Å². The summed E-state index contributed by atoms with van der Waals surface area (Å²) in [6, 6.07) is 16.2. The molecule has 2 atom stereocenters. The smallest absolute Gasteiger partial charge is 0.0330 e. The van der Waals surface area contributed by atoms with Crippen LogP contribution in [0, 0.1) is 29.6 Å². The fraction of sp³-hybridized carbons (Fsp3) is 0.224. The van der Waals surface area contributed by atoms with Crippen LogP contribution in [0.25, 0.3) is 28.9 Å². The topological polar surface area (TPSA) is 0 Å². The lowest BCUT2D eigenvalue weighted by molar-refractivity contribution is 0.390. The Kier molecular flexibility index (Phi) is 9.12. The molecule has 0 bridgehead atoms. The lowest BCUT2D eigenvalue weighted by Crippen LogP contribution is -2.27. The molecule has 0 aliphatic heterocycles. The molecule has 0 nitrogen and oxygen atoms in total. The highest BCUT2D eigenvalue weighted by Crippen LogP contribution is 2.61. The number of rotatable bonds is 6. The number of hydrogen-bond donors (Lipinski definition) is 0. The lowest BCUT2D eigenvalue weighted by Gasteiger charge is -2.34. The molecule has 0 fully saturated rings. The van der Waals surface area contributed by atoms with Crippen molar-refractivity contribution in [2.45, 2.75) is 64.7 Å². The quantitative estimate of drug-likeness (QED) is 0.187. The molecule has 49 heavy (non-hydrogen) atoms. The molecule has 0 N–H and O–H groups in total. The van der Waals surface area contributed by atoms with E-state index in [4.69, 9.17) is 0 Å². The van der Waals surface area contributed by atoms with Gasteiger partial charge in [-0.05, 0) is 99.0 Å². The van der Waals surface area contributed by atoms with Gasteiger partial charge in [0.05, 0.1) is 0 Å². The van der Waals surface area contributed by atoms with Crippen molar-refractivity contribution in [1.82, 2.24) is 0 Å². The normalized spacial score (nSPS) is 18.9. The van der Waals surface area contributed by atoms with Crippen molar-refractivity contribution in [1.29, 1.82) is 0 Å². The van der Waals surface area contributed by atoms with Gasteiger partial charge < -0.3 is 0 Å². The number of hydrogen-bond acceptors (Lipinski definition) is 0. The van der Waals surface area contributed by atoms with E-state index in [1.165, 1.54) is 44.5 Å². The van der Waals surface area contributed by atoms with Gasteiger partial charge in [0.2, 0.25) is 0 Å². The van der Waals surface area contributed by atoms with Crippen LogP contribution in [0.4, 0.5) is 0 Å². The van der Waals surface area contributed by atoms with E-state index >= 15 is 0 Å². The zero-order valence-electron chi connectivity index (χ0n) is 29.9. The Morgan fingerprint density at radius 3 is 2.27 bits per heavy atom. The third kappa shape index (κ3) is 5.67. The average molecular weight is 635 g/mol. The maximum atomic E-state index is 4.30. The predicted molar refractivity (Wildman–Crippen MR) is 213 cm³/mol. The van der Waals surface area contributed by atoms with E-state index in [0.717, 1.165) is 34.3 Å². The minimum Gasteiger partial charge on any atom is -0.0984 e. The maximum Gasteiger partial charge on any atom is 0.0330 e. The first kappa shape index (κ1) is 33.6. The molecule has 0 heterocycles. The summed E-state index contributed by atoms with van der Waals surface area (Å²) in [7, 11) is 0. The fourth-order valence-electron chi connectivity index (χ4n) is 8.12. The Morgan fingerprint density at radius 2 is 1.53 bits per heavy atom. The summed E-state index contributed by atoms with van der Waals surface area (Å²) in [6.07, 6.45) is 23.3. The molecule has 2 unspecified atom stereocenters. The standard InChI is InChI=1S/C49H46/c1-10-14-16-17-18-20-24-34-29-45-47(39-26-22-21-25-38(34)39)41-32-42-40(31-43(41)49(45,8)9)46-37(13-4)36(12-3)35(30-44(46)48(42,6)7)28-27-33(5)23-19-15-11-2/h10-17,19,21-23,25-26,29-32,45,47H,3-5,18H2,1-2,6-9H3/b14-10-,15-11-,17-16-,23-19-. The van der Waals surface area contributed by atoms with Crippen molar-refractivity contribution in [2.75, 3.05) is 0 Å². The zero-order chi connectivity index (χ0) is 34.9. The van der Waals surface area contributed by atoms with Crippen LogP contribution in [0.2, 0.25) is 0 Å². The second-order valence-corrected chi connectivity index (χ2v) is 14.2. The van der Waals surface area contributed by atoms with Gasteiger partial charge in [0.1, 0.15) is 0 Å². The maximum absolute atomic E-state index is 4.30. The summed E-state index contributed by atoms with van der Waals surface area (Å²) in [5.74, 6) is 14.3. The third-order valence-electron chi connectivity index (χ3n) is 10.6. The van der Waals surface area contributed by atoms with Crippen molar-refractivity contribution >= 4 is 17.7 Å². The number of fused-ring (bicyclic) bond motifs is 8. The van der Waals surface area contributed by atoms with Crippen LogP contribution >= 0.6 is 0 Å². The van der Waals surface area contributed by atoms with Crippen molar-refractivity contribution in [2.24, 2.45) is 5.92 Å². The molecule has 0 heteroatoms. The van der Waals surface area contributed by atoms with Crippen LogP contribution < -0.4 is 0 Å². The molecule has 3 aromatic rings. The molecule has 242 valence electrons. The van der Waals surface area contributed by atoms with Crippen molar-refractivity contribution in [3.63, 3.8) is 0 Å². The molecule has 0 aromatic heterocycles. The molecule has 0 radical (unpaired) electrons. The van der Waals surface area contributed by atoms with Gasteiger partial charge in [0.15, 0.2) is 0 Å². The summed E-state index contributed by atoms with van der Waals surface area (Å²) in [5, 5.41) is 0. The van der Waals surface area contributed by atoms with E-state index in [1.807, 2.05) is 62.5 Å². The third-order valence-corrected chi connectivity index (χ3v) is 10.6. The molecule has 3 aliphatic rings. The van der Waals surface area contributed by atoms with Gasteiger partial charge in [-0.25, -0.2) is 0 Å². The SMILES string of the molecule is C=Cc1c(C#CC(=C)/C=C\C=C/C)cc2c(c1C=C)-c1cc3c(cc1C2(C)C)C1c2ccccc2C(C#CC/C=C\C=C/C)=CC1C3(C)C. The highest BCUT2D eigenvalue weighted by Gasteiger charge is 2.50. The van der Waals surface area contributed by atoms with Crippen molar-refractivity contribution in [3.05, 3.63) is 173 Å². The van der Waals surface area contributed by atoms with E-state index in [2.05, 4.69) is 132 Å². The molecule has 3 aliphatic carbocycles. The first-order valence-corrected chi connectivity index (χ1v) is 17.3. The zero-order valence-corrected chi connectivity index (χ0v) is 29.9. The Balaban J connectivity index is 1.50. The largest absolute Gasteiger partial charge is 0.0984 e. The van der Waals surface area contributed by atoms with Crippen LogP contribution in [0.3, 0.4) is 0 Å². The molecular formula is C49H46. The van der Waals surface area contributed by atoms with Gasteiger partial charge >= 0.3 is 0 Å². The average Bonchev–Trinajstić information content (AvgIpc) is 3.45. The molecule has 0 spiro atoms. The summed E-state index contributed by atoms with van der Waals surface area (Å²) < 4.78 is 0. The number of allylic oxidation sites excluding steroid dienone is 11. The Morgan fingerprint density at radius 1 is 0.796 bits per heavy atom. The van der Waals surface area contributed by atoms with Gasteiger partial charge in [-0.3, -0.25) is 0 Å². The highest BCUT2D eigenvalue weighted by atomic mass is 14.5. The summed E-state index contributed by atoms with van der Waals surface area (Å²) >= 11 is 0. The Bertz CT molecular complexity index is 2170. The number of benzene rings is 3. The molecule has 3 aromatic carbocycles. The van der Waals surface area contributed by atoms with Gasteiger partial charge in [-0.1, -0.05) is 162 Å². The minimum absolute atomic E-state index is 0.0872. The summed E-state index contributed by atoms with van der Waals surface area (Å²) in [6.45, 7) is 26.2. The van der Waals surface area contributed by atoms with Crippen molar-refractivity contribution < 1.29 is 0 Å². The van der Waals surface area contributed by atoms with E-state index in [0.29, 0.717) is 5.92 Å². The van der Waals surface area contributed by atoms with Crippen LogP contribution in [-0.2, 0) is 10.8 Å². The monoisotopic (exact) mass is 634 g/mol. The Hall–Kier alpha value is -5.30.